The first-order valence-corrected chi connectivity index (χ1v) is 6.55. The zero-order valence-corrected chi connectivity index (χ0v) is 10.8. The summed E-state index contributed by atoms with van der Waals surface area (Å²) in [4.78, 5) is 0. The molecule has 0 saturated carbocycles. The van der Waals surface area contributed by atoms with Gasteiger partial charge in [-0.1, -0.05) is 24.3 Å². The minimum absolute atomic E-state index is 1.23. The largest absolute Gasteiger partial charge is 0.219 e. The Morgan fingerprint density at radius 3 is 2.53 bits per heavy atom. The van der Waals surface area contributed by atoms with Gasteiger partial charge in [-0.2, -0.15) is 4.40 Å². The second-order valence-corrected chi connectivity index (χ2v) is 5.05. The van der Waals surface area contributed by atoms with E-state index >= 15 is 0 Å². The lowest BCUT2D eigenvalue weighted by atomic mass is 10.0. The molecule has 0 N–H and O–H groups in total. The molecule has 19 heavy (non-hydrogen) atoms. The van der Waals surface area contributed by atoms with E-state index in [1.54, 1.807) is 0 Å². The summed E-state index contributed by atoms with van der Waals surface area (Å²) in [6.07, 6.45) is 2.20. The van der Waals surface area contributed by atoms with Gasteiger partial charge in [0.1, 0.15) is 0 Å². The van der Waals surface area contributed by atoms with Gasteiger partial charge < -0.3 is 0 Å². The Balaban J connectivity index is 2.28. The van der Waals surface area contributed by atoms with Crippen molar-refractivity contribution in [1.29, 1.82) is 0 Å². The summed E-state index contributed by atoms with van der Waals surface area (Å²) < 4.78 is 2.27. The molecule has 2 aromatic carbocycles. The van der Waals surface area contributed by atoms with Crippen LogP contribution < -0.4 is 4.40 Å². The second-order valence-electron chi connectivity index (χ2n) is 5.05. The molecule has 2 heterocycles. The molecule has 0 aliphatic carbocycles. The summed E-state index contributed by atoms with van der Waals surface area (Å²) >= 11 is 0. The maximum Gasteiger partial charge on any atom is 0.219 e. The molecule has 1 nitrogen and oxygen atoms in total. The number of fused-ring (bicyclic) bond motifs is 5. The number of benzene rings is 2. The molecule has 4 aromatic rings. The highest BCUT2D eigenvalue weighted by Gasteiger charge is 2.10. The topological polar surface area (TPSA) is 4.10 Å². The number of aryl methyl sites for hydroxylation is 1. The Morgan fingerprint density at radius 1 is 0.737 bits per heavy atom. The van der Waals surface area contributed by atoms with E-state index in [4.69, 9.17) is 0 Å². The van der Waals surface area contributed by atoms with Gasteiger partial charge in [-0.15, -0.1) is 0 Å². The van der Waals surface area contributed by atoms with Crippen LogP contribution in [0.3, 0.4) is 0 Å². The van der Waals surface area contributed by atoms with Crippen LogP contribution >= 0.6 is 0 Å². The van der Waals surface area contributed by atoms with E-state index in [2.05, 4.69) is 78.2 Å². The smallest absolute Gasteiger partial charge is 0.160 e. The Labute approximate surface area is 111 Å². The summed E-state index contributed by atoms with van der Waals surface area (Å²) in [7, 11) is 0. The van der Waals surface area contributed by atoms with Gasteiger partial charge in [0.25, 0.3) is 0 Å². The molecule has 1 heteroatoms. The summed E-state index contributed by atoms with van der Waals surface area (Å²) in [5.74, 6) is 0. The molecule has 0 atom stereocenters. The van der Waals surface area contributed by atoms with Crippen molar-refractivity contribution >= 4 is 27.2 Å². The summed E-state index contributed by atoms with van der Waals surface area (Å²) in [6, 6.07) is 21.7. The minimum atomic E-state index is 1.23. The highest BCUT2D eigenvalue weighted by molar-refractivity contribution is 6.05. The molecular weight excluding hydrogens is 230 g/mol. The van der Waals surface area contributed by atoms with Gasteiger partial charge >= 0.3 is 0 Å². The number of pyridine rings is 2. The van der Waals surface area contributed by atoms with Crippen molar-refractivity contribution in [2.45, 2.75) is 6.92 Å². The summed E-state index contributed by atoms with van der Waals surface area (Å²) in [5, 5.41) is 3.92. The predicted molar refractivity (Wildman–Crippen MR) is 79.4 cm³/mol. The molecule has 0 aliphatic rings. The van der Waals surface area contributed by atoms with Crippen molar-refractivity contribution in [2.75, 3.05) is 0 Å². The van der Waals surface area contributed by atoms with Crippen LogP contribution in [0.5, 0.6) is 0 Å². The van der Waals surface area contributed by atoms with E-state index in [0.717, 1.165) is 0 Å². The monoisotopic (exact) mass is 244 g/mol. The van der Waals surface area contributed by atoms with Gasteiger partial charge in [-0.05, 0) is 35.9 Å². The van der Waals surface area contributed by atoms with Crippen LogP contribution in [0, 0.1) is 6.92 Å². The van der Waals surface area contributed by atoms with Crippen molar-refractivity contribution in [3.05, 3.63) is 72.4 Å². The van der Waals surface area contributed by atoms with Crippen LogP contribution in [-0.2, 0) is 0 Å². The fourth-order valence-corrected chi connectivity index (χ4v) is 2.80. The van der Waals surface area contributed by atoms with Gasteiger partial charge in [0, 0.05) is 23.8 Å². The third kappa shape index (κ3) is 1.52. The van der Waals surface area contributed by atoms with Crippen LogP contribution in [0.4, 0.5) is 0 Å². The lowest BCUT2D eigenvalue weighted by Crippen LogP contribution is -2.22. The van der Waals surface area contributed by atoms with E-state index in [1.165, 1.54) is 32.8 Å². The maximum atomic E-state index is 2.27. The van der Waals surface area contributed by atoms with Crippen molar-refractivity contribution in [2.24, 2.45) is 0 Å². The zero-order valence-electron chi connectivity index (χ0n) is 10.8. The normalized spacial score (nSPS) is 11.4. The molecule has 0 radical (unpaired) electrons. The fourth-order valence-electron chi connectivity index (χ4n) is 2.80. The Kier molecular flexibility index (Phi) is 2.10. The predicted octanol–water partition coefficient (Wildman–Crippen LogP) is 4.04. The Hall–Kier alpha value is -2.41. The van der Waals surface area contributed by atoms with E-state index in [0.29, 0.717) is 0 Å². The van der Waals surface area contributed by atoms with Gasteiger partial charge in [-0.25, -0.2) is 0 Å². The number of hydrogen-bond donors (Lipinski definition) is 0. The third-order valence-electron chi connectivity index (χ3n) is 3.76. The van der Waals surface area contributed by atoms with Crippen LogP contribution in [0.1, 0.15) is 5.56 Å². The molecule has 0 aliphatic heterocycles. The Bertz CT molecular complexity index is 922. The lowest BCUT2D eigenvalue weighted by molar-refractivity contribution is -0.482. The molecule has 0 spiro atoms. The van der Waals surface area contributed by atoms with Crippen molar-refractivity contribution < 1.29 is 4.40 Å². The molecule has 2 aromatic heterocycles. The first kappa shape index (κ1) is 10.5. The molecule has 0 fully saturated rings. The molecule has 0 saturated heterocycles. The summed E-state index contributed by atoms with van der Waals surface area (Å²) in [5.41, 5.74) is 3.77. The number of nitrogens with zero attached hydrogens (tertiary/aromatic N) is 1. The van der Waals surface area contributed by atoms with E-state index < -0.39 is 0 Å². The van der Waals surface area contributed by atoms with Crippen LogP contribution in [-0.4, -0.2) is 0 Å². The van der Waals surface area contributed by atoms with Gasteiger partial charge in [0.05, 0.1) is 5.39 Å². The lowest BCUT2D eigenvalue weighted by Gasteiger charge is -2.02. The first-order chi connectivity index (χ1) is 9.33. The highest BCUT2D eigenvalue weighted by atomic mass is 14.9. The molecular formula is C18H14N+. The number of aromatic nitrogens is 1. The molecule has 0 bridgehead atoms. The number of hydrogen-bond acceptors (Lipinski definition) is 0. The number of rotatable bonds is 0. The van der Waals surface area contributed by atoms with Crippen LogP contribution in [0.25, 0.3) is 27.2 Å². The average Bonchev–Trinajstić information content (AvgIpc) is 2.46. The summed E-state index contributed by atoms with van der Waals surface area (Å²) in [6.45, 7) is 2.13. The van der Waals surface area contributed by atoms with Crippen molar-refractivity contribution in [3.8, 4) is 0 Å². The van der Waals surface area contributed by atoms with Crippen LogP contribution in [0.15, 0.2) is 66.9 Å². The second kappa shape index (κ2) is 3.79. The molecule has 0 unspecified atom stereocenters. The van der Waals surface area contributed by atoms with Crippen LogP contribution in [0.2, 0.25) is 0 Å². The van der Waals surface area contributed by atoms with E-state index in [-0.39, 0.29) is 0 Å². The maximum absolute atomic E-state index is 2.27. The van der Waals surface area contributed by atoms with Crippen molar-refractivity contribution in [3.63, 3.8) is 0 Å². The van der Waals surface area contributed by atoms with Crippen molar-refractivity contribution in [1.82, 2.24) is 0 Å². The molecule has 4 rings (SSSR count). The minimum Gasteiger partial charge on any atom is -0.160 e. The van der Waals surface area contributed by atoms with E-state index in [1.807, 2.05) is 0 Å². The molecule has 90 valence electrons. The molecule has 0 amide bonds. The quantitative estimate of drug-likeness (QED) is 0.325. The van der Waals surface area contributed by atoms with Gasteiger partial charge in [-0.3, -0.25) is 0 Å². The third-order valence-corrected chi connectivity index (χ3v) is 3.76. The first-order valence-electron chi connectivity index (χ1n) is 6.55. The standard InChI is InChI=1S/C18H14N/c1-13-6-8-15-9-10-17-16-5-3-2-4-14(16)7-11-18(17)19(15)12-13/h2-12H,1H3/q+1. The van der Waals surface area contributed by atoms with E-state index in [9.17, 15) is 0 Å². The highest BCUT2D eigenvalue weighted by Crippen LogP contribution is 2.23. The fraction of sp³-hybridized carbons (Fsp3) is 0.0556. The van der Waals surface area contributed by atoms with Gasteiger partial charge in [0.15, 0.2) is 6.20 Å². The zero-order chi connectivity index (χ0) is 12.8. The SMILES string of the molecule is Cc1ccc2ccc3c4ccccc4ccc3[n+]2c1. The van der Waals surface area contributed by atoms with Gasteiger partial charge in [0.2, 0.25) is 11.0 Å². The average molecular weight is 244 g/mol. The Morgan fingerprint density at radius 2 is 1.58 bits per heavy atom.